The van der Waals surface area contributed by atoms with E-state index in [1.165, 1.54) is 0 Å². The number of nitrogens with one attached hydrogen (secondary N) is 1. The molecule has 0 aliphatic rings. The predicted octanol–water partition coefficient (Wildman–Crippen LogP) is 1.04. The van der Waals surface area contributed by atoms with E-state index in [9.17, 15) is 4.79 Å². The standard InChI is InChI=1S/C12H19N3O/c1-10(2)15(3)12(16)9-14-8-11-5-4-6-13-7-11/h4-7,10,14H,8-9H2,1-3H3. The Balaban J connectivity index is 2.28. The lowest BCUT2D eigenvalue weighted by Gasteiger charge is -2.21. The van der Waals surface area contributed by atoms with Crippen LogP contribution in [0.2, 0.25) is 0 Å². The summed E-state index contributed by atoms with van der Waals surface area (Å²) in [6.45, 7) is 5.03. The summed E-state index contributed by atoms with van der Waals surface area (Å²) in [5.41, 5.74) is 1.09. The van der Waals surface area contributed by atoms with Crippen LogP contribution in [0.25, 0.3) is 0 Å². The lowest BCUT2D eigenvalue weighted by molar-refractivity contribution is -0.130. The first-order valence-corrected chi connectivity index (χ1v) is 5.46. The van der Waals surface area contributed by atoms with Crippen molar-refractivity contribution in [1.82, 2.24) is 15.2 Å². The van der Waals surface area contributed by atoms with Crippen molar-refractivity contribution in [2.75, 3.05) is 13.6 Å². The highest BCUT2D eigenvalue weighted by molar-refractivity contribution is 5.78. The van der Waals surface area contributed by atoms with Crippen molar-refractivity contribution in [3.63, 3.8) is 0 Å². The van der Waals surface area contributed by atoms with Gasteiger partial charge in [-0.3, -0.25) is 9.78 Å². The molecule has 1 N–H and O–H groups in total. The van der Waals surface area contributed by atoms with E-state index < -0.39 is 0 Å². The third-order valence-corrected chi connectivity index (χ3v) is 2.50. The van der Waals surface area contributed by atoms with Gasteiger partial charge < -0.3 is 10.2 Å². The Labute approximate surface area is 96.7 Å². The number of nitrogens with zero attached hydrogens (tertiary/aromatic N) is 2. The minimum Gasteiger partial charge on any atom is -0.342 e. The van der Waals surface area contributed by atoms with Gasteiger partial charge in [0.15, 0.2) is 0 Å². The summed E-state index contributed by atoms with van der Waals surface area (Å²) >= 11 is 0. The second-order valence-corrected chi connectivity index (χ2v) is 4.06. The van der Waals surface area contributed by atoms with Crippen molar-refractivity contribution in [1.29, 1.82) is 0 Å². The molecule has 0 spiro atoms. The van der Waals surface area contributed by atoms with E-state index in [0.29, 0.717) is 13.1 Å². The van der Waals surface area contributed by atoms with Crippen molar-refractivity contribution in [2.45, 2.75) is 26.4 Å². The van der Waals surface area contributed by atoms with Gasteiger partial charge in [-0.25, -0.2) is 0 Å². The lowest BCUT2D eigenvalue weighted by Crippen LogP contribution is -2.39. The normalized spacial score (nSPS) is 10.5. The second kappa shape index (κ2) is 6.23. The van der Waals surface area contributed by atoms with Crippen LogP contribution in [0.5, 0.6) is 0 Å². The largest absolute Gasteiger partial charge is 0.342 e. The molecule has 0 bridgehead atoms. The van der Waals surface area contributed by atoms with E-state index in [1.807, 2.05) is 33.0 Å². The number of carbonyl (C=O) groups is 1. The number of pyridine rings is 1. The molecule has 4 nitrogen and oxygen atoms in total. The summed E-state index contributed by atoms with van der Waals surface area (Å²) in [5.74, 6) is 0.110. The molecule has 0 aliphatic heterocycles. The van der Waals surface area contributed by atoms with Crippen molar-refractivity contribution in [3.05, 3.63) is 30.1 Å². The molecule has 1 amide bonds. The minimum atomic E-state index is 0.110. The first-order valence-electron chi connectivity index (χ1n) is 5.46. The molecule has 88 valence electrons. The summed E-state index contributed by atoms with van der Waals surface area (Å²) in [5, 5.41) is 3.11. The number of likely N-dealkylation sites (N-methyl/N-ethyl adjacent to an activating group) is 1. The van der Waals surface area contributed by atoms with Gasteiger partial charge in [-0.05, 0) is 25.5 Å². The fourth-order valence-electron chi connectivity index (χ4n) is 1.23. The molecule has 1 rings (SSSR count). The summed E-state index contributed by atoms with van der Waals surface area (Å²) < 4.78 is 0. The highest BCUT2D eigenvalue weighted by Gasteiger charge is 2.10. The van der Waals surface area contributed by atoms with E-state index in [2.05, 4.69) is 10.3 Å². The Morgan fingerprint density at radius 2 is 2.31 bits per heavy atom. The van der Waals surface area contributed by atoms with Gasteiger partial charge in [0.25, 0.3) is 0 Å². The zero-order chi connectivity index (χ0) is 12.0. The fraction of sp³-hybridized carbons (Fsp3) is 0.500. The van der Waals surface area contributed by atoms with Gasteiger partial charge in [0.1, 0.15) is 0 Å². The first-order chi connectivity index (χ1) is 7.61. The molecule has 0 unspecified atom stereocenters. The van der Waals surface area contributed by atoms with Gasteiger partial charge in [0.05, 0.1) is 6.54 Å². The molecule has 1 heterocycles. The molecule has 0 aliphatic carbocycles. The highest BCUT2D eigenvalue weighted by Crippen LogP contribution is 1.96. The Morgan fingerprint density at radius 3 is 2.88 bits per heavy atom. The molecule has 4 heteroatoms. The maximum absolute atomic E-state index is 11.6. The van der Waals surface area contributed by atoms with E-state index in [0.717, 1.165) is 5.56 Å². The minimum absolute atomic E-state index is 0.110. The quantitative estimate of drug-likeness (QED) is 0.808. The topological polar surface area (TPSA) is 45.2 Å². The van der Waals surface area contributed by atoms with Gasteiger partial charge in [0.2, 0.25) is 5.91 Å². The number of aromatic nitrogens is 1. The van der Waals surface area contributed by atoms with Crippen LogP contribution < -0.4 is 5.32 Å². The molecule has 0 atom stereocenters. The summed E-state index contributed by atoms with van der Waals surface area (Å²) in [6, 6.07) is 4.11. The van der Waals surface area contributed by atoms with Gasteiger partial charge in [-0.15, -0.1) is 0 Å². The predicted molar refractivity (Wildman–Crippen MR) is 63.8 cm³/mol. The molecule has 0 radical (unpaired) electrons. The van der Waals surface area contributed by atoms with Crippen LogP contribution in [0.15, 0.2) is 24.5 Å². The number of carbonyl (C=O) groups excluding carboxylic acids is 1. The van der Waals surface area contributed by atoms with Crippen molar-refractivity contribution in [2.24, 2.45) is 0 Å². The van der Waals surface area contributed by atoms with Crippen LogP contribution >= 0.6 is 0 Å². The molecular weight excluding hydrogens is 202 g/mol. The SMILES string of the molecule is CC(C)N(C)C(=O)CNCc1cccnc1. The van der Waals surface area contributed by atoms with Gasteiger partial charge in [0, 0.05) is 32.0 Å². The van der Waals surface area contributed by atoms with Crippen LogP contribution in [-0.4, -0.2) is 35.4 Å². The molecule has 0 aromatic carbocycles. The van der Waals surface area contributed by atoms with Gasteiger partial charge in [-0.1, -0.05) is 6.07 Å². The van der Waals surface area contributed by atoms with Crippen LogP contribution in [0.1, 0.15) is 19.4 Å². The van der Waals surface area contributed by atoms with E-state index >= 15 is 0 Å². The number of hydrogen-bond donors (Lipinski definition) is 1. The molecule has 16 heavy (non-hydrogen) atoms. The summed E-state index contributed by atoms with van der Waals surface area (Å²) in [7, 11) is 1.82. The van der Waals surface area contributed by atoms with Crippen molar-refractivity contribution >= 4 is 5.91 Å². The fourth-order valence-corrected chi connectivity index (χ4v) is 1.23. The van der Waals surface area contributed by atoms with E-state index in [1.54, 1.807) is 17.3 Å². The smallest absolute Gasteiger partial charge is 0.236 e. The number of amides is 1. The third-order valence-electron chi connectivity index (χ3n) is 2.50. The maximum atomic E-state index is 11.6. The molecular formula is C12H19N3O. The van der Waals surface area contributed by atoms with E-state index in [-0.39, 0.29) is 11.9 Å². The zero-order valence-electron chi connectivity index (χ0n) is 10.1. The molecule has 0 fully saturated rings. The number of hydrogen-bond acceptors (Lipinski definition) is 3. The monoisotopic (exact) mass is 221 g/mol. The zero-order valence-corrected chi connectivity index (χ0v) is 10.1. The van der Waals surface area contributed by atoms with Crippen LogP contribution in [0.3, 0.4) is 0 Å². The Hall–Kier alpha value is -1.42. The third kappa shape index (κ3) is 3.98. The van der Waals surface area contributed by atoms with Crippen molar-refractivity contribution < 1.29 is 4.79 Å². The highest BCUT2D eigenvalue weighted by atomic mass is 16.2. The molecule has 1 aromatic rings. The van der Waals surface area contributed by atoms with Gasteiger partial charge in [-0.2, -0.15) is 0 Å². The Bertz CT molecular complexity index is 324. The summed E-state index contributed by atoms with van der Waals surface area (Å²) in [4.78, 5) is 17.4. The van der Waals surface area contributed by atoms with E-state index in [4.69, 9.17) is 0 Å². The van der Waals surface area contributed by atoms with Crippen LogP contribution in [-0.2, 0) is 11.3 Å². The molecule has 0 saturated heterocycles. The van der Waals surface area contributed by atoms with Crippen LogP contribution in [0, 0.1) is 0 Å². The molecule has 0 saturated carbocycles. The van der Waals surface area contributed by atoms with Crippen LogP contribution in [0.4, 0.5) is 0 Å². The van der Waals surface area contributed by atoms with Gasteiger partial charge >= 0.3 is 0 Å². The molecule has 1 aromatic heterocycles. The maximum Gasteiger partial charge on any atom is 0.236 e. The summed E-state index contributed by atoms with van der Waals surface area (Å²) in [6.07, 6.45) is 3.53. The lowest BCUT2D eigenvalue weighted by atomic mass is 10.3. The van der Waals surface area contributed by atoms with Crippen molar-refractivity contribution in [3.8, 4) is 0 Å². The first kappa shape index (κ1) is 12.6. The Kier molecular flexibility index (Phi) is 4.92. The second-order valence-electron chi connectivity index (χ2n) is 4.06. The Morgan fingerprint density at radius 1 is 1.56 bits per heavy atom. The average Bonchev–Trinajstić information content (AvgIpc) is 2.29. The average molecular weight is 221 g/mol. The number of rotatable bonds is 5.